The minimum Gasteiger partial charge on any atom is -0.493 e. The van der Waals surface area contributed by atoms with Gasteiger partial charge in [-0.1, -0.05) is 29.0 Å². The predicted molar refractivity (Wildman–Crippen MR) is 115 cm³/mol. The first-order valence-corrected chi connectivity index (χ1v) is 10.3. The number of aryl methyl sites for hydroxylation is 1. The third kappa shape index (κ3) is 2.89. The van der Waals surface area contributed by atoms with E-state index in [0.717, 1.165) is 5.56 Å². The molecule has 0 spiro atoms. The Balaban J connectivity index is 1.81. The van der Waals surface area contributed by atoms with Crippen LogP contribution in [0.1, 0.15) is 33.3 Å². The van der Waals surface area contributed by atoms with Crippen molar-refractivity contribution in [2.75, 3.05) is 19.1 Å². The van der Waals surface area contributed by atoms with Crippen LogP contribution < -0.4 is 19.8 Å². The monoisotopic (exact) mass is 435 g/mol. The van der Waals surface area contributed by atoms with Gasteiger partial charge in [-0.05, 0) is 36.8 Å². The highest BCUT2D eigenvalue weighted by Crippen LogP contribution is 2.43. The zero-order valence-electron chi connectivity index (χ0n) is 16.9. The average molecular weight is 435 g/mol. The Kier molecular flexibility index (Phi) is 4.48. The van der Waals surface area contributed by atoms with Crippen LogP contribution in [0.4, 0.5) is 5.13 Å². The second-order valence-electron chi connectivity index (χ2n) is 7.09. The standard InChI is InChI=1S/C22H17N3O5S/c1-11-4-6-14-13(8-11)19(26)17-18(12-5-7-15(28-2)16(9-12)29-3)25(21(27)20(17)30-14)22-24-23-10-31-22/h4-10,18H,1-3H3. The largest absolute Gasteiger partial charge is 0.493 e. The van der Waals surface area contributed by atoms with Crippen LogP contribution in [-0.4, -0.2) is 30.3 Å². The molecule has 2 aromatic heterocycles. The maximum absolute atomic E-state index is 13.6. The van der Waals surface area contributed by atoms with Gasteiger partial charge < -0.3 is 13.9 Å². The SMILES string of the molecule is COc1ccc(C2c3c(oc4ccc(C)cc4c3=O)C(=O)N2c2nncs2)cc1OC. The molecule has 31 heavy (non-hydrogen) atoms. The fourth-order valence-electron chi connectivity index (χ4n) is 3.89. The second-order valence-corrected chi connectivity index (χ2v) is 7.90. The van der Waals surface area contributed by atoms with Gasteiger partial charge in [-0.3, -0.25) is 14.5 Å². The van der Waals surface area contributed by atoms with E-state index in [9.17, 15) is 9.59 Å². The van der Waals surface area contributed by atoms with E-state index >= 15 is 0 Å². The van der Waals surface area contributed by atoms with Crippen LogP contribution in [0.2, 0.25) is 0 Å². The van der Waals surface area contributed by atoms with Crippen LogP contribution in [0.5, 0.6) is 11.5 Å². The molecule has 4 aromatic rings. The molecule has 1 aliphatic heterocycles. The summed E-state index contributed by atoms with van der Waals surface area (Å²) in [4.78, 5) is 28.4. The Labute approximate surface area is 180 Å². The molecule has 0 saturated carbocycles. The number of hydrogen-bond acceptors (Lipinski definition) is 8. The molecule has 1 amide bonds. The lowest BCUT2D eigenvalue weighted by atomic mass is 9.98. The Morgan fingerprint density at radius 3 is 2.58 bits per heavy atom. The van der Waals surface area contributed by atoms with Gasteiger partial charge in [0.1, 0.15) is 11.1 Å². The number of hydrogen-bond donors (Lipinski definition) is 0. The molecule has 0 bridgehead atoms. The summed E-state index contributed by atoms with van der Waals surface area (Å²) in [7, 11) is 3.07. The number of fused-ring (bicyclic) bond motifs is 2. The molecule has 0 aliphatic carbocycles. The van der Waals surface area contributed by atoms with Gasteiger partial charge in [-0.25, -0.2) is 0 Å². The van der Waals surface area contributed by atoms with Crippen molar-refractivity contribution in [3.63, 3.8) is 0 Å². The van der Waals surface area contributed by atoms with Gasteiger partial charge in [-0.15, -0.1) is 10.2 Å². The minimum atomic E-state index is -0.739. The van der Waals surface area contributed by atoms with E-state index in [2.05, 4.69) is 10.2 Å². The van der Waals surface area contributed by atoms with Crippen LogP contribution in [-0.2, 0) is 0 Å². The van der Waals surface area contributed by atoms with Crippen molar-refractivity contribution < 1.29 is 18.7 Å². The zero-order valence-corrected chi connectivity index (χ0v) is 17.7. The molecule has 5 rings (SSSR count). The molecule has 3 heterocycles. The van der Waals surface area contributed by atoms with E-state index in [1.54, 1.807) is 37.4 Å². The lowest BCUT2D eigenvalue weighted by Gasteiger charge is -2.22. The molecule has 0 saturated heterocycles. The Bertz CT molecular complexity index is 1380. The van der Waals surface area contributed by atoms with E-state index in [1.165, 1.54) is 28.9 Å². The number of amides is 1. The molecule has 1 unspecified atom stereocenters. The summed E-state index contributed by atoms with van der Waals surface area (Å²) in [5.41, 5.74) is 3.51. The molecule has 0 radical (unpaired) electrons. The summed E-state index contributed by atoms with van der Waals surface area (Å²) in [5, 5.41) is 8.73. The number of rotatable bonds is 4. The molecule has 1 aliphatic rings. The highest BCUT2D eigenvalue weighted by atomic mass is 32.1. The number of nitrogens with zero attached hydrogens (tertiary/aromatic N) is 3. The number of carbonyl (C=O) groups excluding carboxylic acids is 1. The Morgan fingerprint density at radius 1 is 1.06 bits per heavy atom. The van der Waals surface area contributed by atoms with Crippen LogP contribution in [0.3, 0.4) is 0 Å². The van der Waals surface area contributed by atoms with Gasteiger partial charge in [-0.2, -0.15) is 0 Å². The van der Waals surface area contributed by atoms with Crippen molar-refractivity contribution in [1.82, 2.24) is 10.2 Å². The fourth-order valence-corrected chi connectivity index (χ4v) is 4.48. The molecule has 156 valence electrons. The maximum atomic E-state index is 13.6. The molecule has 9 heteroatoms. The van der Waals surface area contributed by atoms with Crippen molar-refractivity contribution in [3.05, 3.63) is 74.6 Å². The van der Waals surface area contributed by atoms with Crippen LogP contribution >= 0.6 is 11.3 Å². The van der Waals surface area contributed by atoms with Crippen LogP contribution in [0.15, 0.2) is 51.1 Å². The second kappa shape index (κ2) is 7.21. The first-order chi connectivity index (χ1) is 15.0. The zero-order chi connectivity index (χ0) is 21.7. The number of methoxy groups -OCH3 is 2. The Morgan fingerprint density at radius 2 is 1.87 bits per heavy atom. The summed E-state index contributed by atoms with van der Waals surface area (Å²) >= 11 is 1.21. The number of anilines is 1. The van der Waals surface area contributed by atoms with E-state index in [0.29, 0.717) is 33.2 Å². The normalized spacial score (nSPS) is 15.4. The summed E-state index contributed by atoms with van der Waals surface area (Å²) < 4.78 is 16.7. The summed E-state index contributed by atoms with van der Waals surface area (Å²) in [6, 6.07) is 9.86. The minimum absolute atomic E-state index is 0.0105. The van der Waals surface area contributed by atoms with Gasteiger partial charge in [0.15, 0.2) is 16.9 Å². The summed E-state index contributed by atoms with van der Waals surface area (Å²) in [6.07, 6.45) is 0. The van der Waals surface area contributed by atoms with Crippen molar-refractivity contribution in [3.8, 4) is 11.5 Å². The topological polar surface area (TPSA) is 94.8 Å². The Hall–Kier alpha value is -3.72. The summed E-state index contributed by atoms with van der Waals surface area (Å²) in [6.45, 7) is 1.90. The summed E-state index contributed by atoms with van der Waals surface area (Å²) in [5.74, 6) is 0.598. The molecule has 0 N–H and O–H groups in total. The van der Waals surface area contributed by atoms with Crippen LogP contribution in [0.25, 0.3) is 11.0 Å². The van der Waals surface area contributed by atoms with E-state index in [1.807, 2.05) is 13.0 Å². The van der Waals surface area contributed by atoms with Gasteiger partial charge >= 0.3 is 0 Å². The lowest BCUT2D eigenvalue weighted by molar-refractivity contribution is 0.0970. The molecule has 1 atom stereocenters. The van der Waals surface area contributed by atoms with Gasteiger partial charge in [0.25, 0.3) is 5.91 Å². The van der Waals surface area contributed by atoms with E-state index in [-0.39, 0.29) is 16.8 Å². The van der Waals surface area contributed by atoms with Gasteiger partial charge in [0, 0.05) is 0 Å². The molecule has 8 nitrogen and oxygen atoms in total. The third-order valence-corrected chi connectivity index (χ3v) is 5.99. The number of ether oxygens (including phenoxy) is 2. The molecule has 0 fully saturated rings. The van der Waals surface area contributed by atoms with Crippen LogP contribution in [0, 0.1) is 6.92 Å². The van der Waals surface area contributed by atoms with Crippen molar-refractivity contribution in [1.29, 1.82) is 0 Å². The first-order valence-electron chi connectivity index (χ1n) is 9.42. The molecular formula is C22H17N3O5S. The fraction of sp³-hybridized carbons (Fsp3) is 0.182. The number of benzene rings is 2. The van der Waals surface area contributed by atoms with E-state index < -0.39 is 11.9 Å². The quantitative estimate of drug-likeness (QED) is 0.482. The van der Waals surface area contributed by atoms with Crippen molar-refractivity contribution >= 4 is 33.3 Å². The average Bonchev–Trinajstić information content (AvgIpc) is 3.40. The number of carbonyl (C=O) groups is 1. The van der Waals surface area contributed by atoms with Gasteiger partial charge in [0.05, 0.1) is 31.2 Å². The molecular weight excluding hydrogens is 418 g/mol. The lowest BCUT2D eigenvalue weighted by Crippen LogP contribution is -2.29. The molecule has 2 aromatic carbocycles. The predicted octanol–water partition coefficient (Wildman–Crippen LogP) is 3.72. The maximum Gasteiger partial charge on any atom is 0.297 e. The number of aromatic nitrogens is 2. The third-order valence-electron chi connectivity index (χ3n) is 5.30. The van der Waals surface area contributed by atoms with E-state index in [4.69, 9.17) is 13.9 Å². The highest BCUT2D eigenvalue weighted by molar-refractivity contribution is 7.13. The van der Waals surface area contributed by atoms with Crippen molar-refractivity contribution in [2.24, 2.45) is 0 Å². The van der Waals surface area contributed by atoms with Gasteiger partial charge in [0.2, 0.25) is 10.9 Å². The first kappa shape index (κ1) is 19.3. The smallest absolute Gasteiger partial charge is 0.297 e. The highest BCUT2D eigenvalue weighted by Gasteiger charge is 2.45. The van der Waals surface area contributed by atoms with Crippen molar-refractivity contribution in [2.45, 2.75) is 13.0 Å².